The predicted octanol–water partition coefficient (Wildman–Crippen LogP) is 5.18. The lowest BCUT2D eigenvalue weighted by Crippen LogP contribution is -2.41. The van der Waals surface area contributed by atoms with Crippen LogP contribution in [0.25, 0.3) is 0 Å². The van der Waals surface area contributed by atoms with E-state index in [1.807, 2.05) is 13.0 Å². The van der Waals surface area contributed by atoms with Crippen molar-refractivity contribution in [1.29, 1.82) is 0 Å². The van der Waals surface area contributed by atoms with Crippen molar-refractivity contribution in [3.8, 4) is 0 Å². The highest BCUT2D eigenvalue weighted by atomic mass is 35.5. The molecule has 0 heterocycles. The average Bonchev–Trinajstić information content (AvgIpc) is 2.32. The number of benzene rings is 1. The van der Waals surface area contributed by atoms with Gasteiger partial charge in [-0.3, -0.25) is 0 Å². The second kappa shape index (κ2) is 5.61. The fourth-order valence-electron chi connectivity index (χ4n) is 2.63. The van der Waals surface area contributed by atoms with Crippen LogP contribution in [-0.2, 0) is 0 Å². The molecule has 0 amide bonds. The van der Waals surface area contributed by atoms with Gasteiger partial charge >= 0.3 is 6.18 Å². The van der Waals surface area contributed by atoms with E-state index in [9.17, 15) is 13.2 Å². The number of halogens is 4. The summed E-state index contributed by atoms with van der Waals surface area (Å²) >= 11 is 6.07. The van der Waals surface area contributed by atoms with Crippen molar-refractivity contribution in [2.24, 2.45) is 5.92 Å². The van der Waals surface area contributed by atoms with Crippen molar-refractivity contribution in [2.45, 2.75) is 44.8 Å². The molecule has 5 heteroatoms. The number of anilines is 1. The summed E-state index contributed by atoms with van der Waals surface area (Å²) in [5, 5.41) is 3.46. The highest BCUT2D eigenvalue weighted by Crippen LogP contribution is 2.39. The summed E-state index contributed by atoms with van der Waals surface area (Å²) in [5.74, 6) is -1.28. The van der Waals surface area contributed by atoms with Crippen LogP contribution in [0.2, 0.25) is 5.02 Å². The minimum atomic E-state index is -4.14. The third-order valence-electron chi connectivity index (χ3n) is 3.65. The van der Waals surface area contributed by atoms with Gasteiger partial charge in [0.05, 0.1) is 16.6 Å². The van der Waals surface area contributed by atoms with Crippen LogP contribution >= 0.6 is 11.6 Å². The van der Waals surface area contributed by atoms with Gasteiger partial charge in [-0.25, -0.2) is 0 Å². The molecule has 1 N–H and O–H groups in total. The molecule has 2 rings (SSSR count). The summed E-state index contributed by atoms with van der Waals surface area (Å²) in [5.41, 5.74) is 1.58. The van der Waals surface area contributed by atoms with E-state index in [0.717, 1.165) is 12.0 Å². The third-order valence-corrected chi connectivity index (χ3v) is 3.96. The lowest BCUT2D eigenvalue weighted by Gasteiger charge is -2.34. The molecular weight excluding hydrogens is 275 g/mol. The van der Waals surface area contributed by atoms with Crippen molar-refractivity contribution in [1.82, 2.24) is 0 Å². The van der Waals surface area contributed by atoms with Crippen LogP contribution in [0.15, 0.2) is 18.2 Å². The molecule has 1 aromatic carbocycles. The Morgan fingerprint density at radius 2 is 1.89 bits per heavy atom. The van der Waals surface area contributed by atoms with E-state index in [2.05, 4.69) is 5.32 Å². The topological polar surface area (TPSA) is 12.0 Å². The lowest BCUT2D eigenvalue weighted by molar-refractivity contribution is -0.184. The van der Waals surface area contributed by atoms with Gasteiger partial charge in [0.1, 0.15) is 0 Å². The molecule has 0 aromatic heterocycles. The molecule has 106 valence electrons. The molecule has 1 nitrogen and oxygen atoms in total. The zero-order chi connectivity index (χ0) is 14.0. The monoisotopic (exact) mass is 291 g/mol. The summed E-state index contributed by atoms with van der Waals surface area (Å²) in [7, 11) is 0. The minimum absolute atomic E-state index is 0.199. The van der Waals surface area contributed by atoms with Crippen molar-refractivity contribution in [2.75, 3.05) is 5.32 Å². The Morgan fingerprint density at radius 1 is 1.21 bits per heavy atom. The molecule has 0 bridgehead atoms. The standard InChI is InChI=1S/C14H17ClF3N/c1-9-6-7-13(11(15)8-9)19-12-5-3-2-4-10(12)14(16,17)18/h6-8,10,12,19H,2-5H2,1H3. The van der Waals surface area contributed by atoms with E-state index in [1.165, 1.54) is 0 Å². The van der Waals surface area contributed by atoms with Crippen LogP contribution in [0.4, 0.5) is 18.9 Å². The summed E-state index contributed by atoms with van der Waals surface area (Å²) in [4.78, 5) is 0. The quantitative estimate of drug-likeness (QED) is 0.791. The van der Waals surface area contributed by atoms with Crippen LogP contribution < -0.4 is 5.32 Å². The van der Waals surface area contributed by atoms with E-state index < -0.39 is 18.1 Å². The Labute approximate surface area is 116 Å². The molecule has 1 aliphatic rings. The highest BCUT2D eigenvalue weighted by Gasteiger charge is 2.45. The van der Waals surface area contributed by atoms with Crippen LogP contribution in [0.3, 0.4) is 0 Å². The smallest absolute Gasteiger partial charge is 0.380 e. The molecular formula is C14H17ClF3N. The Hall–Kier alpha value is -0.900. The van der Waals surface area contributed by atoms with Gasteiger partial charge in [0.15, 0.2) is 0 Å². The first kappa shape index (κ1) is 14.5. The van der Waals surface area contributed by atoms with Crippen LogP contribution in [0.5, 0.6) is 0 Å². The minimum Gasteiger partial charge on any atom is -0.380 e. The van der Waals surface area contributed by atoms with Gasteiger partial charge < -0.3 is 5.32 Å². The molecule has 2 unspecified atom stereocenters. The number of hydrogen-bond acceptors (Lipinski definition) is 1. The van der Waals surface area contributed by atoms with Crippen molar-refractivity contribution in [3.63, 3.8) is 0 Å². The maximum Gasteiger partial charge on any atom is 0.393 e. The SMILES string of the molecule is Cc1ccc(NC2CCCCC2C(F)(F)F)c(Cl)c1. The molecule has 0 radical (unpaired) electrons. The molecule has 0 aliphatic heterocycles. The Balaban J connectivity index is 2.15. The van der Waals surface area contributed by atoms with Crippen LogP contribution in [0, 0.1) is 12.8 Å². The molecule has 1 aliphatic carbocycles. The molecule has 2 atom stereocenters. The largest absolute Gasteiger partial charge is 0.393 e. The molecule has 19 heavy (non-hydrogen) atoms. The van der Waals surface area contributed by atoms with E-state index in [0.29, 0.717) is 23.6 Å². The number of hydrogen-bond donors (Lipinski definition) is 1. The van der Waals surface area contributed by atoms with Crippen molar-refractivity contribution >= 4 is 17.3 Å². The maximum atomic E-state index is 13.0. The van der Waals surface area contributed by atoms with E-state index >= 15 is 0 Å². The van der Waals surface area contributed by atoms with Gasteiger partial charge in [-0.1, -0.05) is 30.5 Å². The van der Waals surface area contributed by atoms with Crippen LogP contribution in [0.1, 0.15) is 31.2 Å². The normalized spacial score (nSPS) is 24.3. The van der Waals surface area contributed by atoms with Gasteiger partial charge in [0.25, 0.3) is 0 Å². The van der Waals surface area contributed by atoms with Crippen molar-refractivity contribution < 1.29 is 13.2 Å². The fourth-order valence-corrected chi connectivity index (χ4v) is 2.92. The zero-order valence-corrected chi connectivity index (χ0v) is 11.5. The number of nitrogens with one attached hydrogen (secondary N) is 1. The second-order valence-corrected chi connectivity index (χ2v) is 5.57. The van der Waals surface area contributed by atoms with E-state index in [1.54, 1.807) is 12.1 Å². The number of rotatable bonds is 2. The van der Waals surface area contributed by atoms with Crippen LogP contribution in [-0.4, -0.2) is 12.2 Å². The number of aryl methyl sites for hydroxylation is 1. The van der Waals surface area contributed by atoms with Gasteiger partial charge in [-0.05, 0) is 37.5 Å². The number of alkyl halides is 3. The molecule has 1 saturated carbocycles. The van der Waals surface area contributed by atoms with Gasteiger partial charge in [0.2, 0.25) is 0 Å². The summed E-state index contributed by atoms with van der Waals surface area (Å²) in [6.45, 7) is 1.90. The first-order valence-electron chi connectivity index (χ1n) is 6.47. The first-order chi connectivity index (χ1) is 8.88. The first-order valence-corrected chi connectivity index (χ1v) is 6.85. The molecule has 0 saturated heterocycles. The van der Waals surface area contributed by atoms with E-state index in [4.69, 9.17) is 11.6 Å². The Morgan fingerprint density at radius 3 is 2.53 bits per heavy atom. The van der Waals surface area contributed by atoms with E-state index in [-0.39, 0.29) is 6.42 Å². The molecule has 1 fully saturated rings. The highest BCUT2D eigenvalue weighted by molar-refractivity contribution is 6.33. The van der Waals surface area contributed by atoms with Gasteiger partial charge in [-0.15, -0.1) is 0 Å². The molecule has 0 spiro atoms. The summed E-state index contributed by atoms with van der Waals surface area (Å²) < 4.78 is 39.0. The lowest BCUT2D eigenvalue weighted by atomic mass is 9.84. The molecule has 1 aromatic rings. The summed E-state index contributed by atoms with van der Waals surface area (Å²) in [6, 6.07) is 4.78. The maximum absolute atomic E-state index is 13.0. The second-order valence-electron chi connectivity index (χ2n) is 5.17. The van der Waals surface area contributed by atoms with Gasteiger partial charge in [-0.2, -0.15) is 13.2 Å². The van der Waals surface area contributed by atoms with Crippen molar-refractivity contribution in [3.05, 3.63) is 28.8 Å². The third kappa shape index (κ3) is 3.56. The zero-order valence-electron chi connectivity index (χ0n) is 10.7. The summed E-state index contributed by atoms with van der Waals surface area (Å²) in [6.07, 6.45) is -1.94. The predicted molar refractivity (Wildman–Crippen MR) is 71.6 cm³/mol. The Kier molecular flexibility index (Phi) is 4.29. The Bertz CT molecular complexity index is 445. The fraction of sp³-hybridized carbons (Fsp3) is 0.571. The van der Waals surface area contributed by atoms with Gasteiger partial charge in [0, 0.05) is 6.04 Å². The average molecular weight is 292 g/mol.